The van der Waals surface area contributed by atoms with Crippen LogP contribution in [0.1, 0.15) is 31.7 Å². The van der Waals surface area contributed by atoms with Crippen LogP contribution in [0, 0.1) is 0 Å². The number of hydrogen-bond donors (Lipinski definition) is 2. The molecule has 2 aromatic rings. The fourth-order valence-electron chi connectivity index (χ4n) is 4.11. The molecule has 160 valence electrons. The number of pyridine rings is 1. The van der Waals surface area contributed by atoms with E-state index >= 15 is 0 Å². The molecule has 3 heterocycles. The normalized spacial score (nSPS) is 19.4. The van der Waals surface area contributed by atoms with Gasteiger partial charge in [-0.15, -0.1) is 0 Å². The molecule has 0 amide bonds. The van der Waals surface area contributed by atoms with Gasteiger partial charge in [-0.3, -0.25) is 0 Å². The summed E-state index contributed by atoms with van der Waals surface area (Å²) in [7, 11) is 0. The number of benzene rings is 1. The van der Waals surface area contributed by atoms with Crippen molar-refractivity contribution in [2.45, 2.75) is 38.8 Å². The summed E-state index contributed by atoms with van der Waals surface area (Å²) in [6.45, 7) is 7.74. The first-order valence-electron chi connectivity index (χ1n) is 11.0. The molecule has 4 rings (SSSR count). The van der Waals surface area contributed by atoms with Gasteiger partial charge in [-0.25, -0.2) is 9.98 Å². The van der Waals surface area contributed by atoms with Crippen LogP contribution in [0.2, 0.25) is 5.02 Å². The van der Waals surface area contributed by atoms with E-state index in [-0.39, 0.29) is 0 Å². The zero-order valence-corrected chi connectivity index (χ0v) is 18.4. The van der Waals surface area contributed by atoms with E-state index in [9.17, 15) is 0 Å². The van der Waals surface area contributed by atoms with Gasteiger partial charge in [0.05, 0.1) is 6.54 Å². The third kappa shape index (κ3) is 5.36. The molecule has 1 aromatic carbocycles. The average Bonchev–Trinajstić information content (AvgIpc) is 3.45. The highest BCUT2D eigenvalue weighted by Crippen LogP contribution is 2.23. The van der Waals surface area contributed by atoms with Crippen LogP contribution in [0.4, 0.5) is 11.5 Å². The summed E-state index contributed by atoms with van der Waals surface area (Å²) < 4.78 is 0. The number of halogens is 1. The number of aromatic nitrogens is 1. The number of nitrogens with zero attached hydrogens (tertiary/aromatic N) is 4. The molecule has 0 bridgehead atoms. The fraction of sp³-hybridized carbons (Fsp3) is 0.478. The van der Waals surface area contributed by atoms with Crippen LogP contribution in [0.25, 0.3) is 0 Å². The van der Waals surface area contributed by atoms with Gasteiger partial charge in [-0.1, -0.05) is 23.7 Å². The predicted molar refractivity (Wildman–Crippen MR) is 126 cm³/mol. The van der Waals surface area contributed by atoms with Gasteiger partial charge in [0.1, 0.15) is 5.82 Å². The van der Waals surface area contributed by atoms with Gasteiger partial charge >= 0.3 is 0 Å². The van der Waals surface area contributed by atoms with Gasteiger partial charge in [0.2, 0.25) is 0 Å². The Hall–Kier alpha value is -2.47. The van der Waals surface area contributed by atoms with Gasteiger partial charge in [-0.05, 0) is 56.0 Å². The molecule has 30 heavy (non-hydrogen) atoms. The molecule has 0 aliphatic carbocycles. The summed E-state index contributed by atoms with van der Waals surface area (Å²) in [5.74, 6) is 1.94. The molecule has 2 fully saturated rings. The van der Waals surface area contributed by atoms with Gasteiger partial charge in [0.15, 0.2) is 5.96 Å². The Morgan fingerprint density at radius 1 is 1.17 bits per heavy atom. The third-order valence-electron chi connectivity index (χ3n) is 5.71. The lowest BCUT2D eigenvalue weighted by molar-refractivity contribution is 0.649. The monoisotopic (exact) mass is 426 g/mol. The number of hydrogen-bond acceptors (Lipinski definition) is 4. The molecule has 2 aliphatic rings. The second-order valence-electron chi connectivity index (χ2n) is 7.97. The molecule has 1 aromatic heterocycles. The third-order valence-corrected chi connectivity index (χ3v) is 5.94. The quantitative estimate of drug-likeness (QED) is 0.545. The minimum Gasteiger partial charge on any atom is -0.369 e. The standard InChI is InChI=1S/C23H31ClN6/c1-2-25-23(27-16-18-8-9-22(26-15-18)29-11-3-4-12-29)28-20-10-13-30(17-20)21-7-5-6-19(24)14-21/h5-9,14-15,20H,2-4,10-13,16-17H2,1H3,(H2,25,27,28). The van der Waals surface area contributed by atoms with Crippen LogP contribution in [-0.4, -0.2) is 49.7 Å². The van der Waals surface area contributed by atoms with E-state index < -0.39 is 0 Å². The Bertz CT molecular complexity index is 847. The molecule has 7 heteroatoms. The molecule has 0 radical (unpaired) electrons. The molecule has 2 saturated heterocycles. The summed E-state index contributed by atoms with van der Waals surface area (Å²) >= 11 is 6.15. The van der Waals surface area contributed by atoms with Gasteiger partial charge in [0.25, 0.3) is 0 Å². The van der Waals surface area contributed by atoms with Crippen molar-refractivity contribution in [3.8, 4) is 0 Å². The van der Waals surface area contributed by atoms with Crippen molar-refractivity contribution in [2.24, 2.45) is 4.99 Å². The highest BCUT2D eigenvalue weighted by molar-refractivity contribution is 6.30. The van der Waals surface area contributed by atoms with Crippen LogP contribution < -0.4 is 20.4 Å². The first kappa shape index (κ1) is 20.8. The molecular formula is C23H31ClN6. The number of anilines is 2. The van der Waals surface area contributed by atoms with E-state index in [1.807, 2.05) is 24.4 Å². The maximum absolute atomic E-state index is 6.15. The highest BCUT2D eigenvalue weighted by atomic mass is 35.5. The molecule has 1 atom stereocenters. The van der Waals surface area contributed by atoms with Crippen molar-refractivity contribution in [1.82, 2.24) is 15.6 Å². The first-order valence-corrected chi connectivity index (χ1v) is 11.3. The van der Waals surface area contributed by atoms with E-state index in [0.717, 1.165) is 61.5 Å². The lowest BCUT2D eigenvalue weighted by Crippen LogP contribution is -2.44. The lowest BCUT2D eigenvalue weighted by atomic mass is 10.2. The Labute approximate surface area is 184 Å². The van der Waals surface area contributed by atoms with Gasteiger partial charge in [-0.2, -0.15) is 0 Å². The lowest BCUT2D eigenvalue weighted by Gasteiger charge is -2.20. The number of nitrogens with one attached hydrogen (secondary N) is 2. The van der Waals surface area contributed by atoms with Crippen LogP contribution in [0.5, 0.6) is 0 Å². The van der Waals surface area contributed by atoms with Crippen molar-refractivity contribution in [1.29, 1.82) is 0 Å². The Morgan fingerprint density at radius 2 is 2.03 bits per heavy atom. The summed E-state index contributed by atoms with van der Waals surface area (Å²) in [4.78, 5) is 14.1. The highest BCUT2D eigenvalue weighted by Gasteiger charge is 2.23. The van der Waals surface area contributed by atoms with Gasteiger partial charge in [0, 0.05) is 55.7 Å². The Kier molecular flexibility index (Phi) is 6.95. The fourth-order valence-corrected chi connectivity index (χ4v) is 4.30. The van der Waals surface area contributed by atoms with E-state index in [4.69, 9.17) is 16.6 Å². The zero-order valence-electron chi connectivity index (χ0n) is 17.6. The summed E-state index contributed by atoms with van der Waals surface area (Å²) in [6.07, 6.45) is 5.56. The van der Waals surface area contributed by atoms with Crippen molar-refractivity contribution < 1.29 is 0 Å². The molecule has 0 saturated carbocycles. The van der Waals surface area contributed by atoms with E-state index in [2.05, 4.69) is 50.5 Å². The van der Waals surface area contributed by atoms with Crippen molar-refractivity contribution >= 4 is 29.1 Å². The SMILES string of the molecule is CCNC(=NCc1ccc(N2CCCC2)nc1)NC1CCN(c2cccc(Cl)c2)C1. The number of rotatable bonds is 6. The van der Waals surface area contributed by atoms with E-state index in [1.165, 1.54) is 18.5 Å². The summed E-state index contributed by atoms with van der Waals surface area (Å²) in [5, 5.41) is 7.74. The second-order valence-corrected chi connectivity index (χ2v) is 8.41. The Morgan fingerprint density at radius 3 is 2.77 bits per heavy atom. The minimum absolute atomic E-state index is 0.359. The molecule has 6 nitrogen and oxygen atoms in total. The molecular weight excluding hydrogens is 396 g/mol. The Balaban J connectivity index is 1.33. The molecule has 2 N–H and O–H groups in total. The van der Waals surface area contributed by atoms with Crippen LogP contribution in [-0.2, 0) is 6.54 Å². The smallest absolute Gasteiger partial charge is 0.191 e. The minimum atomic E-state index is 0.359. The second kappa shape index (κ2) is 10.0. The van der Waals surface area contributed by atoms with Gasteiger partial charge < -0.3 is 20.4 Å². The van der Waals surface area contributed by atoms with E-state index in [0.29, 0.717) is 12.6 Å². The van der Waals surface area contributed by atoms with Crippen LogP contribution in [0.15, 0.2) is 47.6 Å². The summed E-state index contributed by atoms with van der Waals surface area (Å²) in [6, 6.07) is 12.7. The predicted octanol–water partition coefficient (Wildman–Crippen LogP) is 3.67. The van der Waals surface area contributed by atoms with Crippen molar-refractivity contribution in [2.75, 3.05) is 42.5 Å². The van der Waals surface area contributed by atoms with E-state index in [1.54, 1.807) is 0 Å². The first-order chi connectivity index (χ1) is 14.7. The zero-order chi connectivity index (χ0) is 20.8. The topological polar surface area (TPSA) is 55.8 Å². The molecule has 0 spiro atoms. The maximum atomic E-state index is 6.15. The van der Waals surface area contributed by atoms with Crippen molar-refractivity contribution in [3.63, 3.8) is 0 Å². The number of guanidine groups is 1. The summed E-state index contributed by atoms with van der Waals surface area (Å²) in [5.41, 5.74) is 2.31. The van der Waals surface area contributed by atoms with Crippen LogP contribution in [0.3, 0.4) is 0 Å². The molecule has 1 unspecified atom stereocenters. The largest absolute Gasteiger partial charge is 0.369 e. The molecule has 2 aliphatic heterocycles. The maximum Gasteiger partial charge on any atom is 0.191 e. The van der Waals surface area contributed by atoms with Crippen LogP contribution >= 0.6 is 11.6 Å². The number of aliphatic imine (C=N–C) groups is 1. The average molecular weight is 427 g/mol. The van der Waals surface area contributed by atoms with Crippen molar-refractivity contribution in [3.05, 3.63) is 53.2 Å².